The predicted octanol–water partition coefficient (Wildman–Crippen LogP) is 3.05. The average Bonchev–Trinajstić information content (AvgIpc) is 3.11. The third-order valence-electron chi connectivity index (χ3n) is 4.60. The number of thiazole rings is 1. The highest BCUT2D eigenvalue weighted by Crippen LogP contribution is 2.36. The van der Waals surface area contributed by atoms with E-state index in [9.17, 15) is 5.11 Å². The largest absolute Gasteiger partial charge is 0.393 e. The van der Waals surface area contributed by atoms with Crippen LogP contribution in [0.4, 0.5) is 0 Å². The summed E-state index contributed by atoms with van der Waals surface area (Å²) in [4.78, 5) is 5.93. The summed E-state index contributed by atoms with van der Waals surface area (Å²) >= 11 is 1.88. The van der Waals surface area contributed by atoms with Crippen molar-refractivity contribution in [1.29, 1.82) is 0 Å². The average molecular weight is 280 g/mol. The van der Waals surface area contributed by atoms with Gasteiger partial charge in [0.05, 0.1) is 11.1 Å². The Balaban J connectivity index is 1.45. The Hall–Kier alpha value is -0.450. The van der Waals surface area contributed by atoms with Gasteiger partial charge in [-0.3, -0.25) is 0 Å². The van der Waals surface area contributed by atoms with E-state index >= 15 is 0 Å². The summed E-state index contributed by atoms with van der Waals surface area (Å²) < 4.78 is 0. The molecule has 0 bridgehead atoms. The molecule has 2 N–H and O–H groups in total. The van der Waals surface area contributed by atoms with Gasteiger partial charge in [-0.15, -0.1) is 11.3 Å². The number of aliphatic hydroxyl groups excluding tert-OH is 1. The molecule has 3 rings (SSSR count). The minimum atomic E-state index is -0.0805. The molecule has 106 valence electrons. The molecular formula is C15H24N2OS. The Bertz CT molecular complexity index is 401. The highest BCUT2D eigenvalue weighted by Gasteiger charge is 2.24. The minimum absolute atomic E-state index is 0.0805. The molecule has 0 aromatic carbocycles. The van der Waals surface area contributed by atoms with E-state index in [1.54, 1.807) is 0 Å². The maximum absolute atomic E-state index is 9.78. The topological polar surface area (TPSA) is 45.1 Å². The van der Waals surface area contributed by atoms with Gasteiger partial charge in [-0.1, -0.05) is 19.3 Å². The fraction of sp³-hybridized carbons (Fsp3) is 0.800. The zero-order valence-electron chi connectivity index (χ0n) is 11.5. The van der Waals surface area contributed by atoms with Crippen LogP contribution in [0.15, 0.2) is 6.20 Å². The molecule has 2 unspecified atom stereocenters. The third-order valence-corrected chi connectivity index (χ3v) is 5.76. The molecule has 2 aliphatic carbocycles. The number of nitrogens with one attached hydrogen (secondary N) is 1. The van der Waals surface area contributed by atoms with Crippen molar-refractivity contribution in [3.05, 3.63) is 16.1 Å². The fourth-order valence-electron chi connectivity index (χ4n) is 3.40. The first-order valence-corrected chi connectivity index (χ1v) is 8.48. The third kappa shape index (κ3) is 3.36. The van der Waals surface area contributed by atoms with E-state index in [0.29, 0.717) is 5.92 Å². The number of hydrogen-bond acceptors (Lipinski definition) is 4. The first kappa shape index (κ1) is 13.5. The molecule has 2 atom stereocenters. The molecular weight excluding hydrogens is 256 g/mol. The number of hydrogen-bond donors (Lipinski definition) is 2. The van der Waals surface area contributed by atoms with Crippen molar-refractivity contribution in [3.8, 4) is 0 Å². The van der Waals surface area contributed by atoms with Crippen LogP contribution in [0.5, 0.6) is 0 Å². The molecule has 0 saturated heterocycles. The van der Waals surface area contributed by atoms with E-state index < -0.39 is 0 Å². The van der Waals surface area contributed by atoms with Crippen molar-refractivity contribution in [2.24, 2.45) is 5.92 Å². The van der Waals surface area contributed by atoms with Crippen molar-refractivity contribution in [1.82, 2.24) is 10.3 Å². The molecule has 2 fully saturated rings. The van der Waals surface area contributed by atoms with Gasteiger partial charge in [0.15, 0.2) is 0 Å². The second-order valence-corrected chi connectivity index (χ2v) is 7.18. The van der Waals surface area contributed by atoms with Crippen molar-refractivity contribution in [3.63, 3.8) is 0 Å². The maximum Gasteiger partial charge on any atom is 0.0959 e. The molecule has 0 spiro atoms. The molecule has 1 aromatic rings. The lowest BCUT2D eigenvalue weighted by Gasteiger charge is -2.14. The molecule has 4 heteroatoms. The van der Waals surface area contributed by atoms with Crippen LogP contribution < -0.4 is 5.32 Å². The lowest BCUT2D eigenvalue weighted by molar-refractivity contribution is 0.131. The maximum atomic E-state index is 9.78. The Morgan fingerprint density at radius 3 is 2.79 bits per heavy atom. The van der Waals surface area contributed by atoms with Gasteiger partial charge >= 0.3 is 0 Å². The van der Waals surface area contributed by atoms with E-state index in [1.165, 1.54) is 48.4 Å². The smallest absolute Gasteiger partial charge is 0.0959 e. The summed E-state index contributed by atoms with van der Waals surface area (Å²) in [6.45, 7) is 1.85. The highest BCUT2D eigenvalue weighted by molar-refractivity contribution is 7.11. The van der Waals surface area contributed by atoms with Crippen LogP contribution in [0.3, 0.4) is 0 Å². The van der Waals surface area contributed by atoms with E-state index in [2.05, 4.69) is 10.3 Å². The van der Waals surface area contributed by atoms with Crippen LogP contribution in [0, 0.1) is 5.92 Å². The van der Waals surface area contributed by atoms with Gasteiger partial charge in [-0.2, -0.15) is 0 Å². The number of aromatic nitrogens is 1. The standard InChI is InChI=1S/C15H24N2OS/c18-14-7-3-6-12(14)8-16-9-13-10-17-15(19-13)11-4-1-2-5-11/h10-12,14,16,18H,1-9H2. The van der Waals surface area contributed by atoms with Crippen molar-refractivity contribution < 1.29 is 5.11 Å². The lowest BCUT2D eigenvalue weighted by Crippen LogP contribution is -2.27. The van der Waals surface area contributed by atoms with Crippen molar-refractivity contribution >= 4 is 11.3 Å². The molecule has 0 radical (unpaired) electrons. The molecule has 3 nitrogen and oxygen atoms in total. The summed E-state index contributed by atoms with van der Waals surface area (Å²) in [6, 6.07) is 0. The van der Waals surface area contributed by atoms with Crippen LogP contribution in [0.2, 0.25) is 0 Å². The van der Waals surface area contributed by atoms with Gasteiger partial charge in [-0.25, -0.2) is 4.98 Å². The van der Waals surface area contributed by atoms with Crippen LogP contribution >= 0.6 is 11.3 Å². The van der Waals surface area contributed by atoms with Gasteiger partial charge < -0.3 is 10.4 Å². The van der Waals surface area contributed by atoms with E-state index in [0.717, 1.165) is 25.4 Å². The number of rotatable bonds is 5. The molecule has 2 saturated carbocycles. The van der Waals surface area contributed by atoms with Gasteiger partial charge in [0.2, 0.25) is 0 Å². The summed E-state index contributed by atoms with van der Waals surface area (Å²) in [5.41, 5.74) is 0. The molecule has 19 heavy (non-hydrogen) atoms. The second kappa shape index (κ2) is 6.33. The lowest BCUT2D eigenvalue weighted by atomic mass is 10.1. The van der Waals surface area contributed by atoms with E-state index in [-0.39, 0.29) is 6.10 Å². The summed E-state index contributed by atoms with van der Waals surface area (Å²) in [5.74, 6) is 1.19. The van der Waals surface area contributed by atoms with Crippen molar-refractivity contribution in [2.45, 2.75) is 63.5 Å². The van der Waals surface area contributed by atoms with Gasteiger partial charge in [0.25, 0.3) is 0 Å². The molecule has 0 amide bonds. The Morgan fingerprint density at radius 2 is 2.05 bits per heavy atom. The first-order valence-electron chi connectivity index (χ1n) is 7.66. The number of aliphatic hydroxyl groups is 1. The Labute approximate surface area is 119 Å². The van der Waals surface area contributed by atoms with Crippen LogP contribution in [0.1, 0.15) is 60.7 Å². The Kier molecular flexibility index (Phi) is 4.51. The molecule has 0 aliphatic heterocycles. The quantitative estimate of drug-likeness (QED) is 0.871. The van der Waals surface area contributed by atoms with Crippen LogP contribution in [-0.4, -0.2) is 22.7 Å². The number of nitrogens with zero attached hydrogens (tertiary/aromatic N) is 1. The van der Waals surface area contributed by atoms with Crippen LogP contribution in [0.25, 0.3) is 0 Å². The zero-order valence-corrected chi connectivity index (χ0v) is 12.3. The zero-order chi connectivity index (χ0) is 13.1. The van der Waals surface area contributed by atoms with Crippen LogP contribution in [-0.2, 0) is 6.54 Å². The minimum Gasteiger partial charge on any atom is -0.393 e. The van der Waals surface area contributed by atoms with E-state index in [4.69, 9.17) is 0 Å². The first-order chi connectivity index (χ1) is 9.33. The summed E-state index contributed by atoms with van der Waals surface area (Å²) in [6.07, 6.45) is 10.7. The predicted molar refractivity (Wildman–Crippen MR) is 78.4 cm³/mol. The fourth-order valence-corrected chi connectivity index (χ4v) is 4.46. The monoisotopic (exact) mass is 280 g/mol. The molecule has 2 aliphatic rings. The van der Waals surface area contributed by atoms with E-state index in [1.807, 2.05) is 17.5 Å². The highest BCUT2D eigenvalue weighted by atomic mass is 32.1. The van der Waals surface area contributed by atoms with Gasteiger partial charge in [0, 0.05) is 30.1 Å². The van der Waals surface area contributed by atoms with Crippen molar-refractivity contribution in [2.75, 3.05) is 6.54 Å². The SMILES string of the molecule is OC1CCCC1CNCc1cnc(C2CCCC2)s1. The molecule has 1 heterocycles. The summed E-state index contributed by atoms with van der Waals surface area (Å²) in [5, 5.41) is 14.6. The Morgan fingerprint density at radius 1 is 1.21 bits per heavy atom. The van der Waals surface area contributed by atoms with Gasteiger partial charge in [-0.05, 0) is 31.6 Å². The van der Waals surface area contributed by atoms with Gasteiger partial charge in [0.1, 0.15) is 0 Å². The summed E-state index contributed by atoms with van der Waals surface area (Å²) in [7, 11) is 0. The normalized spacial score (nSPS) is 28.3. The second-order valence-electron chi connectivity index (χ2n) is 6.04. The molecule has 1 aromatic heterocycles.